The molecule has 4 heteroatoms. The minimum Gasteiger partial charge on any atom is -0.399 e. The molecule has 0 fully saturated rings. The van der Waals surface area contributed by atoms with Gasteiger partial charge in [0.2, 0.25) is 5.91 Å². The maximum Gasteiger partial charge on any atom is 0.248 e. The summed E-state index contributed by atoms with van der Waals surface area (Å²) in [5.74, 6) is -0.163. The molecule has 0 unspecified atom stereocenters. The molecule has 0 aliphatic carbocycles. The van der Waals surface area contributed by atoms with Crippen molar-refractivity contribution in [1.29, 1.82) is 0 Å². The number of carbonyl (C=O) groups is 1. The zero-order chi connectivity index (χ0) is 13.7. The molecule has 0 saturated heterocycles. The van der Waals surface area contributed by atoms with Gasteiger partial charge in [-0.1, -0.05) is 12.1 Å². The number of carbonyl (C=O) groups excluding carboxylic acids is 1. The molecule has 19 heavy (non-hydrogen) atoms. The summed E-state index contributed by atoms with van der Waals surface area (Å²) in [6.45, 7) is 0. The zero-order valence-electron chi connectivity index (χ0n) is 10.1. The molecule has 0 radical (unpaired) electrons. The van der Waals surface area contributed by atoms with Crippen molar-refractivity contribution < 1.29 is 4.79 Å². The van der Waals surface area contributed by atoms with Crippen LogP contribution in [0.1, 0.15) is 5.56 Å². The van der Waals surface area contributed by atoms with Gasteiger partial charge in [0.25, 0.3) is 0 Å². The van der Waals surface area contributed by atoms with E-state index in [0.717, 1.165) is 14.8 Å². The van der Waals surface area contributed by atoms with Crippen LogP contribution in [-0.4, -0.2) is 5.91 Å². The van der Waals surface area contributed by atoms with E-state index >= 15 is 0 Å². The van der Waals surface area contributed by atoms with Gasteiger partial charge in [-0.15, -0.1) is 0 Å². The Bertz CT molecular complexity index is 606. The highest BCUT2D eigenvalue weighted by molar-refractivity contribution is 14.1. The lowest BCUT2D eigenvalue weighted by Gasteiger charge is -2.01. The van der Waals surface area contributed by atoms with E-state index in [2.05, 4.69) is 27.9 Å². The Morgan fingerprint density at radius 1 is 1.16 bits per heavy atom. The number of anilines is 2. The molecule has 0 aromatic heterocycles. The van der Waals surface area contributed by atoms with Crippen molar-refractivity contribution >= 4 is 45.9 Å². The highest BCUT2D eigenvalue weighted by Gasteiger charge is 1.97. The van der Waals surface area contributed by atoms with E-state index < -0.39 is 0 Å². The normalized spacial score (nSPS) is 10.6. The molecule has 3 N–H and O–H groups in total. The SMILES string of the molecule is Nc1cccc(/C=C/C(=O)Nc2ccc(I)cc2)c1. The van der Waals surface area contributed by atoms with Crippen molar-refractivity contribution in [2.24, 2.45) is 0 Å². The van der Waals surface area contributed by atoms with Gasteiger partial charge in [-0.3, -0.25) is 4.79 Å². The summed E-state index contributed by atoms with van der Waals surface area (Å²) < 4.78 is 1.13. The number of benzene rings is 2. The fourth-order valence-corrected chi connectivity index (χ4v) is 1.91. The van der Waals surface area contributed by atoms with Crippen LogP contribution in [0.3, 0.4) is 0 Å². The first kappa shape index (κ1) is 13.6. The number of nitrogen functional groups attached to an aromatic ring is 1. The molecule has 0 heterocycles. The fraction of sp³-hybridized carbons (Fsp3) is 0. The van der Waals surface area contributed by atoms with Crippen molar-refractivity contribution in [2.45, 2.75) is 0 Å². The number of hydrogen-bond donors (Lipinski definition) is 2. The number of nitrogens with two attached hydrogens (primary N) is 1. The van der Waals surface area contributed by atoms with Crippen LogP contribution < -0.4 is 11.1 Å². The second-order valence-corrected chi connectivity index (χ2v) is 5.25. The molecule has 0 aliphatic heterocycles. The lowest BCUT2D eigenvalue weighted by molar-refractivity contribution is -0.111. The molecule has 3 nitrogen and oxygen atoms in total. The molecular weight excluding hydrogens is 351 g/mol. The van der Waals surface area contributed by atoms with Gasteiger partial charge >= 0.3 is 0 Å². The van der Waals surface area contributed by atoms with Crippen LogP contribution in [0.4, 0.5) is 11.4 Å². The molecule has 0 saturated carbocycles. The monoisotopic (exact) mass is 364 g/mol. The first-order chi connectivity index (χ1) is 9.13. The van der Waals surface area contributed by atoms with Crippen LogP contribution in [0.15, 0.2) is 54.6 Å². The van der Waals surface area contributed by atoms with E-state index in [1.807, 2.05) is 48.5 Å². The minimum atomic E-state index is -0.163. The van der Waals surface area contributed by atoms with Crippen LogP contribution in [0.25, 0.3) is 6.08 Å². The predicted octanol–water partition coefficient (Wildman–Crippen LogP) is 3.53. The van der Waals surface area contributed by atoms with Gasteiger partial charge in [0.05, 0.1) is 0 Å². The summed E-state index contributed by atoms with van der Waals surface area (Å²) in [5.41, 5.74) is 8.03. The van der Waals surface area contributed by atoms with Crippen molar-refractivity contribution in [3.05, 3.63) is 63.7 Å². The number of amides is 1. The molecule has 0 atom stereocenters. The molecule has 96 valence electrons. The average Bonchev–Trinajstić information content (AvgIpc) is 2.39. The smallest absolute Gasteiger partial charge is 0.248 e. The Morgan fingerprint density at radius 2 is 1.89 bits per heavy atom. The summed E-state index contributed by atoms with van der Waals surface area (Å²) in [7, 11) is 0. The van der Waals surface area contributed by atoms with Gasteiger partial charge in [-0.05, 0) is 70.6 Å². The lowest BCUT2D eigenvalue weighted by atomic mass is 10.2. The molecule has 2 rings (SSSR count). The molecule has 0 spiro atoms. The number of halogens is 1. The first-order valence-electron chi connectivity index (χ1n) is 5.74. The standard InChI is InChI=1S/C15H13IN2O/c16-12-5-7-14(8-6-12)18-15(19)9-4-11-2-1-3-13(17)10-11/h1-10H,17H2,(H,18,19)/b9-4+. The van der Waals surface area contributed by atoms with E-state index in [1.165, 1.54) is 6.08 Å². The first-order valence-corrected chi connectivity index (χ1v) is 6.81. The van der Waals surface area contributed by atoms with Gasteiger partial charge in [-0.2, -0.15) is 0 Å². The summed E-state index contributed by atoms with van der Waals surface area (Å²) in [5, 5.41) is 2.79. The van der Waals surface area contributed by atoms with Crippen molar-refractivity contribution in [3.8, 4) is 0 Å². The van der Waals surface area contributed by atoms with Crippen molar-refractivity contribution in [3.63, 3.8) is 0 Å². The topological polar surface area (TPSA) is 55.1 Å². The molecule has 2 aromatic carbocycles. The Hall–Kier alpha value is -1.82. The van der Waals surface area contributed by atoms with Gasteiger partial charge in [0.15, 0.2) is 0 Å². The summed E-state index contributed by atoms with van der Waals surface area (Å²) in [6, 6.07) is 15.0. The number of hydrogen-bond acceptors (Lipinski definition) is 2. The second kappa shape index (κ2) is 6.38. The third kappa shape index (κ3) is 4.40. The molecule has 0 bridgehead atoms. The Labute approximate surface area is 125 Å². The average molecular weight is 364 g/mol. The van der Waals surface area contributed by atoms with Crippen molar-refractivity contribution in [2.75, 3.05) is 11.1 Å². The molecule has 2 aromatic rings. The third-order valence-corrected chi connectivity index (χ3v) is 3.17. The fourth-order valence-electron chi connectivity index (χ4n) is 1.55. The van der Waals surface area contributed by atoms with Crippen LogP contribution in [0, 0.1) is 3.57 Å². The number of rotatable bonds is 3. The lowest BCUT2D eigenvalue weighted by Crippen LogP contribution is -2.07. The van der Waals surface area contributed by atoms with Crippen LogP contribution >= 0.6 is 22.6 Å². The van der Waals surface area contributed by atoms with Crippen LogP contribution in [0.5, 0.6) is 0 Å². The van der Waals surface area contributed by atoms with Gasteiger partial charge in [0, 0.05) is 21.0 Å². The molecular formula is C15H13IN2O. The largest absolute Gasteiger partial charge is 0.399 e. The van der Waals surface area contributed by atoms with Crippen LogP contribution in [-0.2, 0) is 4.79 Å². The highest BCUT2D eigenvalue weighted by atomic mass is 127. The van der Waals surface area contributed by atoms with Gasteiger partial charge in [0.1, 0.15) is 0 Å². The summed E-state index contributed by atoms with van der Waals surface area (Å²) >= 11 is 2.22. The Balaban J connectivity index is 1.99. The third-order valence-electron chi connectivity index (χ3n) is 2.45. The highest BCUT2D eigenvalue weighted by Crippen LogP contribution is 2.12. The van der Waals surface area contributed by atoms with Crippen LogP contribution in [0.2, 0.25) is 0 Å². The predicted molar refractivity (Wildman–Crippen MR) is 87.7 cm³/mol. The van der Waals surface area contributed by atoms with Gasteiger partial charge in [-0.25, -0.2) is 0 Å². The Kier molecular flexibility index (Phi) is 4.57. The zero-order valence-corrected chi connectivity index (χ0v) is 12.3. The summed E-state index contributed by atoms with van der Waals surface area (Å²) in [6.07, 6.45) is 3.23. The quantitative estimate of drug-likeness (QED) is 0.498. The van der Waals surface area contributed by atoms with E-state index in [0.29, 0.717) is 5.69 Å². The van der Waals surface area contributed by atoms with E-state index in [-0.39, 0.29) is 5.91 Å². The number of nitrogens with one attached hydrogen (secondary N) is 1. The maximum absolute atomic E-state index is 11.7. The van der Waals surface area contributed by atoms with Crippen molar-refractivity contribution in [1.82, 2.24) is 0 Å². The summed E-state index contributed by atoms with van der Waals surface area (Å²) in [4.78, 5) is 11.7. The van der Waals surface area contributed by atoms with E-state index in [1.54, 1.807) is 6.08 Å². The maximum atomic E-state index is 11.7. The van der Waals surface area contributed by atoms with E-state index in [4.69, 9.17) is 5.73 Å². The van der Waals surface area contributed by atoms with Gasteiger partial charge < -0.3 is 11.1 Å². The Morgan fingerprint density at radius 3 is 2.58 bits per heavy atom. The van der Waals surface area contributed by atoms with E-state index in [9.17, 15) is 4.79 Å². The molecule has 0 aliphatic rings. The second-order valence-electron chi connectivity index (χ2n) is 4.00. The minimum absolute atomic E-state index is 0.163. The molecule has 1 amide bonds.